The molecule has 0 bridgehead atoms. The highest BCUT2D eigenvalue weighted by molar-refractivity contribution is 6.04. The summed E-state index contributed by atoms with van der Waals surface area (Å²) in [6, 6.07) is 16.2. The molecule has 8 heteroatoms. The van der Waals surface area contributed by atoms with E-state index < -0.39 is 24.0 Å². The van der Waals surface area contributed by atoms with Crippen molar-refractivity contribution in [3.05, 3.63) is 76.2 Å². The van der Waals surface area contributed by atoms with Gasteiger partial charge in [-0.1, -0.05) is 48.5 Å². The van der Waals surface area contributed by atoms with Crippen LogP contribution in [-0.4, -0.2) is 45.9 Å². The Morgan fingerprint density at radius 1 is 1.04 bits per heavy atom. The molecule has 0 fully saturated rings. The van der Waals surface area contributed by atoms with Gasteiger partial charge in [0.2, 0.25) is 0 Å². The standard InChI is InChI=1S/C20H16N4O4/c25-17(24-11-10-16(23-24)13-6-2-1-3-7-13)12-28-20(27)18-14-8-4-5-9-15(14)19(26)22-21-18/h1-9H,10-12H2,(H,22,26). The van der Waals surface area contributed by atoms with Crippen LogP contribution in [-0.2, 0) is 9.53 Å². The number of amides is 1. The van der Waals surface area contributed by atoms with Gasteiger partial charge in [-0.2, -0.15) is 10.2 Å². The average Bonchev–Trinajstić information content (AvgIpc) is 3.23. The Hall–Kier alpha value is -3.81. The molecule has 2 heterocycles. The number of ether oxygens (including phenoxy) is 1. The summed E-state index contributed by atoms with van der Waals surface area (Å²) in [5.74, 6) is -1.21. The number of nitrogens with one attached hydrogen (secondary N) is 1. The summed E-state index contributed by atoms with van der Waals surface area (Å²) < 4.78 is 5.11. The first-order chi connectivity index (χ1) is 13.6. The van der Waals surface area contributed by atoms with Crippen LogP contribution in [0.2, 0.25) is 0 Å². The molecule has 1 aromatic heterocycles. The molecule has 8 nitrogen and oxygen atoms in total. The zero-order valence-corrected chi connectivity index (χ0v) is 14.8. The van der Waals surface area contributed by atoms with Gasteiger partial charge in [-0.15, -0.1) is 0 Å². The summed E-state index contributed by atoms with van der Waals surface area (Å²) in [4.78, 5) is 36.5. The van der Waals surface area contributed by atoms with Gasteiger partial charge >= 0.3 is 5.97 Å². The molecule has 0 radical (unpaired) electrons. The number of hydrogen-bond donors (Lipinski definition) is 1. The highest BCUT2D eigenvalue weighted by Crippen LogP contribution is 2.15. The van der Waals surface area contributed by atoms with Crippen molar-refractivity contribution in [3.8, 4) is 0 Å². The van der Waals surface area contributed by atoms with E-state index in [1.165, 1.54) is 5.01 Å². The van der Waals surface area contributed by atoms with E-state index in [0.717, 1.165) is 11.3 Å². The van der Waals surface area contributed by atoms with Gasteiger partial charge < -0.3 is 4.74 Å². The number of hydrazone groups is 1. The van der Waals surface area contributed by atoms with Crippen LogP contribution in [0.15, 0.2) is 64.5 Å². The maximum absolute atomic E-state index is 12.4. The number of esters is 1. The lowest BCUT2D eigenvalue weighted by Gasteiger charge is -2.11. The van der Waals surface area contributed by atoms with Crippen LogP contribution in [0.1, 0.15) is 22.5 Å². The zero-order valence-electron chi connectivity index (χ0n) is 14.8. The SMILES string of the molecule is O=C(OCC(=O)N1CCC(c2ccccc2)=N1)c1n[nH]c(=O)c2ccccc12. The molecule has 4 rings (SSSR count). The first kappa shape index (κ1) is 17.6. The van der Waals surface area contributed by atoms with Gasteiger partial charge in [0.25, 0.3) is 11.5 Å². The number of carbonyl (C=O) groups is 2. The Balaban J connectivity index is 1.45. The molecule has 0 aliphatic carbocycles. The van der Waals surface area contributed by atoms with Crippen LogP contribution in [0.5, 0.6) is 0 Å². The highest BCUT2D eigenvalue weighted by Gasteiger charge is 2.23. The lowest BCUT2D eigenvalue weighted by atomic mass is 10.1. The number of benzene rings is 2. The number of aromatic amines is 1. The summed E-state index contributed by atoms with van der Waals surface area (Å²) in [6.45, 7) is -0.0278. The van der Waals surface area contributed by atoms with E-state index in [-0.39, 0.29) is 5.69 Å². The van der Waals surface area contributed by atoms with E-state index in [1.807, 2.05) is 30.3 Å². The van der Waals surface area contributed by atoms with Gasteiger partial charge in [-0.25, -0.2) is 14.9 Å². The molecule has 1 amide bonds. The number of aromatic nitrogens is 2. The molecule has 0 spiro atoms. The minimum Gasteiger partial charge on any atom is -0.451 e. The normalized spacial score (nSPS) is 13.4. The number of hydrogen-bond acceptors (Lipinski definition) is 6. The van der Waals surface area contributed by atoms with Crippen molar-refractivity contribution in [3.63, 3.8) is 0 Å². The third kappa shape index (κ3) is 3.39. The minimum atomic E-state index is -0.785. The molecule has 28 heavy (non-hydrogen) atoms. The minimum absolute atomic E-state index is 0.0436. The van der Waals surface area contributed by atoms with Crippen molar-refractivity contribution in [1.82, 2.24) is 15.2 Å². The highest BCUT2D eigenvalue weighted by atomic mass is 16.5. The smallest absolute Gasteiger partial charge is 0.359 e. The number of rotatable bonds is 4. The van der Waals surface area contributed by atoms with Gasteiger partial charge in [0.1, 0.15) is 0 Å². The lowest BCUT2D eigenvalue weighted by Crippen LogP contribution is -2.29. The molecule has 2 aromatic carbocycles. The first-order valence-electron chi connectivity index (χ1n) is 8.71. The maximum Gasteiger partial charge on any atom is 0.359 e. The van der Waals surface area contributed by atoms with Gasteiger partial charge in [0.05, 0.1) is 17.6 Å². The molecule has 140 valence electrons. The second kappa shape index (κ2) is 7.43. The number of carbonyl (C=O) groups excluding carboxylic acids is 2. The van der Waals surface area contributed by atoms with Crippen molar-refractivity contribution in [2.45, 2.75) is 6.42 Å². The fourth-order valence-electron chi connectivity index (χ4n) is 3.01. The van der Waals surface area contributed by atoms with Crippen LogP contribution in [0.3, 0.4) is 0 Å². The second-order valence-electron chi connectivity index (χ2n) is 6.20. The maximum atomic E-state index is 12.4. The quantitative estimate of drug-likeness (QED) is 0.698. The predicted octanol–water partition coefficient (Wildman–Crippen LogP) is 1.72. The Labute approximate surface area is 159 Å². The lowest BCUT2D eigenvalue weighted by molar-refractivity contribution is -0.134. The fourth-order valence-corrected chi connectivity index (χ4v) is 3.01. The Morgan fingerprint density at radius 3 is 2.54 bits per heavy atom. The van der Waals surface area contributed by atoms with Crippen LogP contribution in [0.4, 0.5) is 0 Å². The van der Waals surface area contributed by atoms with Crippen molar-refractivity contribution in [2.24, 2.45) is 5.10 Å². The Kier molecular flexibility index (Phi) is 4.67. The van der Waals surface area contributed by atoms with E-state index >= 15 is 0 Å². The Bertz CT molecular complexity index is 1140. The fraction of sp³-hybridized carbons (Fsp3) is 0.150. The van der Waals surface area contributed by atoms with Crippen molar-refractivity contribution in [2.75, 3.05) is 13.2 Å². The van der Waals surface area contributed by atoms with E-state index in [4.69, 9.17) is 4.74 Å². The van der Waals surface area contributed by atoms with E-state index in [2.05, 4.69) is 15.3 Å². The molecule has 0 saturated heterocycles. The molecule has 1 aliphatic heterocycles. The molecular formula is C20H16N4O4. The van der Waals surface area contributed by atoms with Gasteiger partial charge in [0, 0.05) is 11.8 Å². The van der Waals surface area contributed by atoms with E-state index in [9.17, 15) is 14.4 Å². The number of nitrogens with zero attached hydrogens (tertiary/aromatic N) is 3. The molecule has 1 N–H and O–H groups in total. The van der Waals surface area contributed by atoms with Crippen molar-refractivity contribution in [1.29, 1.82) is 0 Å². The zero-order chi connectivity index (χ0) is 19.5. The molecular weight excluding hydrogens is 360 g/mol. The summed E-state index contributed by atoms with van der Waals surface area (Å²) in [5, 5.41) is 12.3. The first-order valence-corrected chi connectivity index (χ1v) is 8.71. The van der Waals surface area contributed by atoms with Gasteiger partial charge in [-0.05, 0) is 11.6 Å². The largest absolute Gasteiger partial charge is 0.451 e. The molecule has 0 unspecified atom stereocenters. The third-order valence-electron chi connectivity index (χ3n) is 4.41. The third-order valence-corrected chi connectivity index (χ3v) is 4.41. The molecule has 0 atom stereocenters. The monoisotopic (exact) mass is 376 g/mol. The van der Waals surface area contributed by atoms with Crippen molar-refractivity contribution < 1.29 is 14.3 Å². The van der Waals surface area contributed by atoms with Crippen molar-refractivity contribution >= 4 is 28.4 Å². The topological polar surface area (TPSA) is 105 Å². The Morgan fingerprint density at radius 2 is 1.75 bits per heavy atom. The number of H-pyrrole nitrogens is 1. The van der Waals surface area contributed by atoms with E-state index in [1.54, 1.807) is 24.3 Å². The van der Waals surface area contributed by atoms with Gasteiger partial charge in [0.15, 0.2) is 12.3 Å². The average molecular weight is 376 g/mol. The summed E-state index contributed by atoms with van der Waals surface area (Å²) in [6.07, 6.45) is 0.635. The van der Waals surface area contributed by atoms with Crippen LogP contribution in [0.25, 0.3) is 10.8 Å². The molecule has 1 aliphatic rings. The van der Waals surface area contributed by atoms with Gasteiger partial charge in [-0.3, -0.25) is 9.59 Å². The summed E-state index contributed by atoms with van der Waals surface area (Å²) in [5.41, 5.74) is 1.33. The second-order valence-corrected chi connectivity index (χ2v) is 6.20. The van der Waals surface area contributed by atoms with Crippen LogP contribution >= 0.6 is 0 Å². The predicted molar refractivity (Wildman–Crippen MR) is 102 cm³/mol. The summed E-state index contributed by atoms with van der Waals surface area (Å²) in [7, 11) is 0. The molecule has 3 aromatic rings. The van der Waals surface area contributed by atoms with Crippen LogP contribution < -0.4 is 5.56 Å². The van der Waals surface area contributed by atoms with E-state index in [0.29, 0.717) is 23.7 Å². The number of fused-ring (bicyclic) bond motifs is 1. The molecule has 0 saturated carbocycles. The van der Waals surface area contributed by atoms with Crippen LogP contribution in [0, 0.1) is 0 Å². The summed E-state index contributed by atoms with van der Waals surface area (Å²) >= 11 is 0.